The summed E-state index contributed by atoms with van der Waals surface area (Å²) in [4.78, 5) is 40.0. The van der Waals surface area contributed by atoms with Gasteiger partial charge in [-0.05, 0) is 43.3 Å². The van der Waals surface area contributed by atoms with Crippen LogP contribution in [0.5, 0.6) is 0 Å². The van der Waals surface area contributed by atoms with E-state index in [-0.39, 0.29) is 28.3 Å². The standard InChI is InChI=1S/C19H19ClN2O4/c1-11(2)18(24)22-14-8-6-13(7-9-14)16(23)12(3)26-19(25)15-5-4-10-21-17(15)20/h4-12H,1-3H3,(H,22,24)/t12-/m0/s1. The van der Waals surface area contributed by atoms with Gasteiger partial charge in [-0.1, -0.05) is 25.4 Å². The van der Waals surface area contributed by atoms with Crippen LogP contribution in [0.2, 0.25) is 5.15 Å². The second-order valence-electron chi connectivity index (χ2n) is 5.97. The van der Waals surface area contributed by atoms with Gasteiger partial charge >= 0.3 is 5.97 Å². The van der Waals surface area contributed by atoms with Crippen LogP contribution in [0.15, 0.2) is 42.6 Å². The lowest BCUT2D eigenvalue weighted by Gasteiger charge is -2.13. The monoisotopic (exact) mass is 374 g/mol. The van der Waals surface area contributed by atoms with E-state index in [0.717, 1.165) is 0 Å². The van der Waals surface area contributed by atoms with Crippen LogP contribution in [0.3, 0.4) is 0 Å². The van der Waals surface area contributed by atoms with E-state index in [1.165, 1.54) is 19.2 Å². The number of ketones is 1. The largest absolute Gasteiger partial charge is 0.451 e. The molecule has 26 heavy (non-hydrogen) atoms. The number of aromatic nitrogens is 1. The Bertz CT molecular complexity index is 819. The summed E-state index contributed by atoms with van der Waals surface area (Å²) in [7, 11) is 0. The SMILES string of the molecule is CC(C)C(=O)Nc1ccc(C(=O)[C@H](C)OC(=O)c2cccnc2Cl)cc1. The number of nitrogens with zero attached hydrogens (tertiary/aromatic N) is 1. The first-order valence-electron chi connectivity index (χ1n) is 8.06. The normalized spacial score (nSPS) is 11.7. The number of rotatable bonds is 6. The van der Waals surface area contributed by atoms with Crippen LogP contribution in [0.1, 0.15) is 41.5 Å². The molecule has 136 valence electrons. The zero-order chi connectivity index (χ0) is 19.3. The van der Waals surface area contributed by atoms with Crippen molar-refractivity contribution in [1.29, 1.82) is 0 Å². The second kappa shape index (κ2) is 8.58. The van der Waals surface area contributed by atoms with Gasteiger partial charge in [0.15, 0.2) is 6.10 Å². The zero-order valence-corrected chi connectivity index (χ0v) is 15.4. The van der Waals surface area contributed by atoms with Gasteiger partial charge in [0.2, 0.25) is 11.7 Å². The fourth-order valence-electron chi connectivity index (χ4n) is 2.05. The molecule has 0 aliphatic heterocycles. The Hall–Kier alpha value is -2.73. The Morgan fingerprint density at radius 3 is 2.31 bits per heavy atom. The number of ether oxygens (including phenoxy) is 1. The van der Waals surface area contributed by atoms with Crippen molar-refractivity contribution in [1.82, 2.24) is 4.98 Å². The average Bonchev–Trinajstić information content (AvgIpc) is 2.61. The highest BCUT2D eigenvalue weighted by molar-refractivity contribution is 6.32. The number of anilines is 1. The maximum atomic E-state index is 12.4. The van der Waals surface area contributed by atoms with Crippen molar-refractivity contribution in [3.05, 3.63) is 58.9 Å². The number of benzene rings is 1. The summed E-state index contributed by atoms with van der Waals surface area (Å²) in [5.41, 5.74) is 1.05. The van der Waals surface area contributed by atoms with Crippen LogP contribution in [0, 0.1) is 5.92 Å². The number of carbonyl (C=O) groups excluding carboxylic acids is 3. The fourth-order valence-corrected chi connectivity index (χ4v) is 2.25. The zero-order valence-electron chi connectivity index (χ0n) is 14.7. The number of hydrogen-bond donors (Lipinski definition) is 1. The molecule has 1 aromatic carbocycles. The minimum Gasteiger partial charge on any atom is -0.451 e. The quantitative estimate of drug-likeness (QED) is 0.472. The topological polar surface area (TPSA) is 85.4 Å². The molecule has 1 aromatic heterocycles. The summed E-state index contributed by atoms with van der Waals surface area (Å²) in [6.07, 6.45) is 0.461. The third-order valence-corrected chi connectivity index (χ3v) is 3.89. The van der Waals surface area contributed by atoms with Crippen LogP contribution in [0.25, 0.3) is 0 Å². The van der Waals surface area contributed by atoms with Crippen molar-refractivity contribution >= 4 is 34.9 Å². The molecule has 2 rings (SSSR count). The molecule has 0 aliphatic carbocycles. The predicted molar refractivity (Wildman–Crippen MR) is 98.4 cm³/mol. The van der Waals surface area contributed by atoms with Crippen LogP contribution in [-0.4, -0.2) is 28.7 Å². The molecule has 0 aliphatic rings. The highest BCUT2D eigenvalue weighted by Gasteiger charge is 2.22. The molecule has 0 bridgehead atoms. The number of esters is 1. The van der Waals surface area contributed by atoms with Crippen LogP contribution >= 0.6 is 11.6 Å². The lowest BCUT2D eigenvalue weighted by atomic mass is 10.1. The number of amides is 1. The molecule has 1 heterocycles. The molecule has 7 heteroatoms. The smallest absolute Gasteiger partial charge is 0.341 e. The maximum absolute atomic E-state index is 12.4. The molecule has 2 aromatic rings. The summed E-state index contributed by atoms with van der Waals surface area (Å²) in [6.45, 7) is 5.06. The highest BCUT2D eigenvalue weighted by Crippen LogP contribution is 2.16. The van der Waals surface area contributed by atoms with E-state index in [0.29, 0.717) is 11.3 Å². The summed E-state index contributed by atoms with van der Waals surface area (Å²) >= 11 is 5.85. The van der Waals surface area contributed by atoms with Gasteiger partial charge < -0.3 is 10.1 Å². The third kappa shape index (κ3) is 4.89. The Labute approximate surface area is 156 Å². The first-order chi connectivity index (χ1) is 12.3. The van der Waals surface area contributed by atoms with Gasteiger partial charge in [-0.2, -0.15) is 0 Å². The second-order valence-corrected chi connectivity index (χ2v) is 6.33. The Morgan fingerprint density at radius 2 is 1.73 bits per heavy atom. The molecule has 0 spiro atoms. The van der Waals surface area contributed by atoms with E-state index in [2.05, 4.69) is 10.3 Å². The number of carbonyl (C=O) groups is 3. The molecule has 6 nitrogen and oxygen atoms in total. The van der Waals surface area contributed by atoms with Crippen molar-refractivity contribution in [2.45, 2.75) is 26.9 Å². The molecule has 0 unspecified atom stereocenters. The van der Waals surface area contributed by atoms with Crippen molar-refractivity contribution in [3.63, 3.8) is 0 Å². The number of Topliss-reactive ketones (excluding diaryl/α,β-unsaturated/α-hetero) is 1. The van der Waals surface area contributed by atoms with Gasteiger partial charge in [0.05, 0.1) is 5.56 Å². The van der Waals surface area contributed by atoms with Crippen LogP contribution < -0.4 is 5.32 Å². The van der Waals surface area contributed by atoms with Crippen molar-refractivity contribution in [2.24, 2.45) is 5.92 Å². The van der Waals surface area contributed by atoms with E-state index in [4.69, 9.17) is 16.3 Å². The average molecular weight is 375 g/mol. The molecule has 1 atom stereocenters. The summed E-state index contributed by atoms with van der Waals surface area (Å²) in [5.74, 6) is -1.33. The molecule has 0 fully saturated rings. The fraction of sp³-hybridized carbons (Fsp3) is 0.263. The minimum atomic E-state index is -0.991. The number of hydrogen-bond acceptors (Lipinski definition) is 5. The van der Waals surface area contributed by atoms with Gasteiger partial charge in [0.25, 0.3) is 0 Å². The van der Waals surface area contributed by atoms with E-state index in [1.54, 1.807) is 44.2 Å². The number of pyridine rings is 1. The minimum absolute atomic E-state index is 0.0161. The lowest BCUT2D eigenvalue weighted by Crippen LogP contribution is -2.24. The van der Waals surface area contributed by atoms with Gasteiger partial charge in [0.1, 0.15) is 5.15 Å². The molecule has 0 saturated heterocycles. The van der Waals surface area contributed by atoms with E-state index >= 15 is 0 Å². The third-order valence-electron chi connectivity index (χ3n) is 3.59. The highest BCUT2D eigenvalue weighted by atomic mass is 35.5. The molecule has 1 amide bonds. The number of nitrogens with one attached hydrogen (secondary N) is 1. The molecule has 0 radical (unpaired) electrons. The lowest BCUT2D eigenvalue weighted by molar-refractivity contribution is -0.118. The van der Waals surface area contributed by atoms with Crippen molar-refractivity contribution in [3.8, 4) is 0 Å². The van der Waals surface area contributed by atoms with Gasteiger partial charge in [0, 0.05) is 23.4 Å². The number of halogens is 1. The van der Waals surface area contributed by atoms with Gasteiger partial charge in [-0.15, -0.1) is 0 Å². The van der Waals surface area contributed by atoms with Crippen LogP contribution in [-0.2, 0) is 9.53 Å². The predicted octanol–water partition coefficient (Wildman–Crippen LogP) is 3.76. The molecule has 1 N–H and O–H groups in total. The van der Waals surface area contributed by atoms with E-state index in [9.17, 15) is 14.4 Å². The molecular formula is C19H19ClN2O4. The van der Waals surface area contributed by atoms with Crippen molar-refractivity contribution in [2.75, 3.05) is 5.32 Å². The van der Waals surface area contributed by atoms with Crippen molar-refractivity contribution < 1.29 is 19.1 Å². The van der Waals surface area contributed by atoms with E-state index in [1.807, 2.05) is 0 Å². The van der Waals surface area contributed by atoms with Crippen LogP contribution in [0.4, 0.5) is 5.69 Å². The van der Waals surface area contributed by atoms with E-state index < -0.39 is 12.1 Å². The Morgan fingerprint density at radius 1 is 1.08 bits per heavy atom. The Balaban J connectivity index is 2.03. The van der Waals surface area contributed by atoms with Gasteiger partial charge in [-0.3, -0.25) is 9.59 Å². The first-order valence-corrected chi connectivity index (χ1v) is 8.44. The summed E-state index contributed by atoms with van der Waals surface area (Å²) < 4.78 is 5.18. The Kier molecular flexibility index (Phi) is 6.46. The summed E-state index contributed by atoms with van der Waals surface area (Å²) in [5, 5.41) is 2.76. The molecular weight excluding hydrogens is 356 g/mol. The summed E-state index contributed by atoms with van der Waals surface area (Å²) in [6, 6.07) is 9.42. The molecule has 0 saturated carbocycles. The maximum Gasteiger partial charge on any atom is 0.341 e. The van der Waals surface area contributed by atoms with Gasteiger partial charge in [-0.25, -0.2) is 9.78 Å². The first kappa shape index (κ1) is 19.6.